The third-order valence-electron chi connectivity index (χ3n) is 2.26. The van der Waals surface area contributed by atoms with E-state index in [-0.39, 0.29) is 5.82 Å². The molecule has 1 fully saturated rings. The molecule has 1 aliphatic rings. The summed E-state index contributed by atoms with van der Waals surface area (Å²) in [5.74, 6) is 0.474. The van der Waals surface area contributed by atoms with Crippen molar-refractivity contribution in [1.82, 2.24) is 0 Å². The van der Waals surface area contributed by atoms with Crippen LogP contribution < -0.4 is 0 Å². The standard InChI is InChI=1S/C10H10BrF/c1-6-4-8(11)5-9(10(6)12)7-2-3-7/h4-5,7H,2-3H2,1H3. The van der Waals surface area contributed by atoms with Gasteiger partial charge in [0.05, 0.1) is 0 Å². The molecule has 2 rings (SSSR count). The van der Waals surface area contributed by atoms with Gasteiger partial charge in [0.15, 0.2) is 0 Å². The van der Waals surface area contributed by atoms with Crippen LogP contribution >= 0.6 is 15.9 Å². The van der Waals surface area contributed by atoms with Gasteiger partial charge in [-0.3, -0.25) is 0 Å². The quantitative estimate of drug-likeness (QED) is 0.687. The molecule has 0 unspecified atom stereocenters. The lowest BCUT2D eigenvalue weighted by molar-refractivity contribution is 0.601. The van der Waals surface area contributed by atoms with Crippen LogP contribution in [-0.4, -0.2) is 0 Å². The highest BCUT2D eigenvalue weighted by Crippen LogP contribution is 2.42. The Morgan fingerprint density at radius 2 is 2.08 bits per heavy atom. The molecule has 0 amide bonds. The van der Waals surface area contributed by atoms with Crippen molar-refractivity contribution in [3.63, 3.8) is 0 Å². The molecule has 0 nitrogen and oxygen atoms in total. The van der Waals surface area contributed by atoms with Crippen molar-refractivity contribution in [2.75, 3.05) is 0 Å². The Morgan fingerprint density at radius 1 is 1.42 bits per heavy atom. The summed E-state index contributed by atoms with van der Waals surface area (Å²) < 4.78 is 14.4. The minimum Gasteiger partial charge on any atom is -0.206 e. The molecule has 1 aromatic carbocycles. The topological polar surface area (TPSA) is 0 Å². The summed E-state index contributed by atoms with van der Waals surface area (Å²) >= 11 is 3.38. The molecule has 0 heterocycles. The summed E-state index contributed by atoms with van der Waals surface area (Å²) in [7, 11) is 0. The number of benzene rings is 1. The zero-order valence-electron chi connectivity index (χ0n) is 6.90. The normalized spacial score (nSPS) is 16.6. The first-order valence-electron chi connectivity index (χ1n) is 4.14. The van der Waals surface area contributed by atoms with Crippen LogP contribution in [0.3, 0.4) is 0 Å². The lowest BCUT2D eigenvalue weighted by atomic mass is 10.1. The smallest absolute Gasteiger partial charge is 0.129 e. The van der Waals surface area contributed by atoms with Gasteiger partial charge in [-0.05, 0) is 48.9 Å². The molecule has 0 saturated heterocycles. The Hall–Kier alpha value is -0.370. The van der Waals surface area contributed by atoms with Crippen molar-refractivity contribution in [2.24, 2.45) is 0 Å². The molecular formula is C10H10BrF. The van der Waals surface area contributed by atoms with Crippen LogP contribution in [0.5, 0.6) is 0 Å². The number of hydrogen-bond acceptors (Lipinski definition) is 0. The Balaban J connectivity index is 2.51. The van der Waals surface area contributed by atoms with Gasteiger partial charge in [0.25, 0.3) is 0 Å². The number of halogens is 2. The molecule has 0 radical (unpaired) electrons. The summed E-state index contributed by atoms with van der Waals surface area (Å²) in [6.07, 6.45) is 2.29. The van der Waals surface area contributed by atoms with Crippen LogP contribution in [0, 0.1) is 12.7 Å². The number of aryl methyl sites for hydroxylation is 1. The molecule has 12 heavy (non-hydrogen) atoms. The Kier molecular flexibility index (Phi) is 1.95. The molecule has 1 aromatic rings. The molecule has 2 heteroatoms. The van der Waals surface area contributed by atoms with Gasteiger partial charge < -0.3 is 0 Å². The maximum Gasteiger partial charge on any atom is 0.129 e. The maximum atomic E-state index is 13.5. The monoisotopic (exact) mass is 228 g/mol. The molecule has 0 N–H and O–H groups in total. The molecule has 0 atom stereocenters. The molecule has 0 aromatic heterocycles. The fraction of sp³-hybridized carbons (Fsp3) is 0.400. The Morgan fingerprint density at radius 3 is 2.67 bits per heavy atom. The fourth-order valence-electron chi connectivity index (χ4n) is 1.44. The van der Waals surface area contributed by atoms with Crippen LogP contribution in [0.1, 0.15) is 29.9 Å². The lowest BCUT2D eigenvalue weighted by Crippen LogP contribution is -1.91. The lowest BCUT2D eigenvalue weighted by Gasteiger charge is -2.04. The number of rotatable bonds is 1. The minimum atomic E-state index is -0.0132. The predicted octanol–water partition coefficient (Wildman–Crippen LogP) is 3.77. The van der Waals surface area contributed by atoms with Gasteiger partial charge in [-0.1, -0.05) is 15.9 Å². The molecule has 1 saturated carbocycles. The summed E-state index contributed by atoms with van der Waals surface area (Å²) in [5, 5.41) is 0. The second-order valence-corrected chi connectivity index (χ2v) is 4.32. The van der Waals surface area contributed by atoms with E-state index in [4.69, 9.17) is 0 Å². The zero-order valence-corrected chi connectivity index (χ0v) is 8.49. The Labute approximate surface area is 79.9 Å². The Bertz CT molecular complexity index is 316. The summed E-state index contributed by atoms with van der Waals surface area (Å²) in [6, 6.07) is 3.72. The van der Waals surface area contributed by atoms with Crippen LogP contribution in [0.2, 0.25) is 0 Å². The van der Waals surface area contributed by atoms with E-state index in [1.165, 1.54) is 0 Å². The first kappa shape index (κ1) is 8.24. The van der Waals surface area contributed by atoms with Crippen molar-refractivity contribution < 1.29 is 4.39 Å². The van der Waals surface area contributed by atoms with E-state index in [2.05, 4.69) is 15.9 Å². The first-order chi connectivity index (χ1) is 5.68. The van der Waals surface area contributed by atoms with E-state index in [0.29, 0.717) is 5.92 Å². The highest BCUT2D eigenvalue weighted by atomic mass is 79.9. The van der Waals surface area contributed by atoms with Crippen LogP contribution in [0.15, 0.2) is 16.6 Å². The van der Waals surface area contributed by atoms with E-state index in [0.717, 1.165) is 28.4 Å². The van der Waals surface area contributed by atoms with Gasteiger partial charge in [0.1, 0.15) is 5.82 Å². The van der Waals surface area contributed by atoms with Gasteiger partial charge in [-0.15, -0.1) is 0 Å². The van der Waals surface area contributed by atoms with Gasteiger partial charge in [0.2, 0.25) is 0 Å². The third-order valence-corrected chi connectivity index (χ3v) is 2.72. The summed E-state index contributed by atoms with van der Waals surface area (Å²) in [5.41, 5.74) is 1.63. The largest absolute Gasteiger partial charge is 0.206 e. The van der Waals surface area contributed by atoms with Gasteiger partial charge >= 0.3 is 0 Å². The fourth-order valence-corrected chi connectivity index (χ4v) is 2.03. The highest BCUT2D eigenvalue weighted by Gasteiger charge is 2.27. The van der Waals surface area contributed by atoms with E-state index < -0.39 is 0 Å². The van der Waals surface area contributed by atoms with Crippen molar-refractivity contribution in [1.29, 1.82) is 0 Å². The third kappa shape index (κ3) is 1.40. The molecule has 0 aliphatic heterocycles. The van der Waals surface area contributed by atoms with E-state index in [9.17, 15) is 4.39 Å². The van der Waals surface area contributed by atoms with E-state index in [1.807, 2.05) is 19.1 Å². The predicted molar refractivity (Wildman–Crippen MR) is 50.8 cm³/mol. The highest BCUT2D eigenvalue weighted by molar-refractivity contribution is 9.10. The van der Waals surface area contributed by atoms with Crippen molar-refractivity contribution in [2.45, 2.75) is 25.7 Å². The molecule has 1 aliphatic carbocycles. The van der Waals surface area contributed by atoms with Crippen LogP contribution in [0.25, 0.3) is 0 Å². The van der Waals surface area contributed by atoms with Crippen molar-refractivity contribution in [3.05, 3.63) is 33.5 Å². The average Bonchev–Trinajstić information content (AvgIpc) is 2.79. The van der Waals surface area contributed by atoms with E-state index >= 15 is 0 Å². The summed E-state index contributed by atoms with van der Waals surface area (Å²) in [4.78, 5) is 0. The minimum absolute atomic E-state index is 0.0132. The second-order valence-electron chi connectivity index (χ2n) is 3.40. The maximum absolute atomic E-state index is 13.5. The van der Waals surface area contributed by atoms with Gasteiger partial charge in [-0.25, -0.2) is 4.39 Å². The summed E-state index contributed by atoms with van der Waals surface area (Å²) in [6.45, 7) is 1.81. The molecular weight excluding hydrogens is 219 g/mol. The van der Waals surface area contributed by atoms with Crippen LogP contribution in [0.4, 0.5) is 4.39 Å². The first-order valence-corrected chi connectivity index (χ1v) is 4.93. The average molecular weight is 229 g/mol. The molecule has 0 bridgehead atoms. The SMILES string of the molecule is Cc1cc(Br)cc(C2CC2)c1F. The number of hydrogen-bond donors (Lipinski definition) is 0. The zero-order chi connectivity index (χ0) is 8.72. The van der Waals surface area contributed by atoms with Crippen LogP contribution in [-0.2, 0) is 0 Å². The van der Waals surface area contributed by atoms with Gasteiger partial charge in [0, 0.05) is 4.47 Å². The van der Waals surface area contributed by atoms with E-state index in [1.54, 1.807) is 0 Å². The molecule has 0 spiro atoms. The van der Waals surface area contributed by atoms with Gasteiger partial charge in [-0.2, -0.15) is 0 Å². The van der Waals surface area contributed by atoms with Crippen molar-refractivity contribution >= 4 is 15.9 Å². The van der Waals surface area contributed by atoms with Crippen molar-refractivity contribution in [3.8, 4) is 0 Å². The molecule has 64 valence electrons. The second kappa shape index (κ2) is 2.84.